The molecule has 0 amide bonds. The summed E-state index contributed by atoms with van der Waals surface area (Å²) in [6.07, 6.45) is 22.4. The van der Waals surface area contributed by atoms with E-state index in [0.717, 1.165) is 53.9 Å². The van der Waals surface area contributed by atoms with E-state index >= 15 is 0 Å². The van der Waals surface area contributed by atoms with Crippen LogP contribution in [0.4, 0.5) is 5.95 Å². The maximum atomic E-state index is 13.8. The average Bonchev–Trinajstić information content (AvgIpc) is 3.40. The molecule has 6 rings (SSSR count). The van der Waals surface area contributed by atoms with Crippen molar-refractivity contribution in [1.29, 1.82) is 0 Å². The van der Waals surface area contributed by atoms with Crippen LogP contribution in [0.5, 0.6) is 0 Å². The number of benzene rings is 1. The van der Waals surface area contributed by atoms with Crippen LogP contribution >= 0.6 is 0 Å². The van der Waals surface area contributed by atoms with Crippen molar-refractivity contribution in [3.8, 4) is 17.1 Å². The van der Waals surface area contributed by atoms with Gasteiger partial charge in [-0.05, 0) is 81.0 Å². The molecule has 0 spiro atoms. The second-order valence-electron chi connectivity index (χ2n) is 13.2. The van der Waals surface area contributed by atoms with Crippen LogP contribution in [0.15, 0.2) is 47.5 Å². The van der Waals surface area contributed by atoms with Crippen molar-refractivity contribution in [1.82, 2.24) is 19.1 Å². The molecular weight excluding hydrogens is 522 g/mol. The van der Waals surface area contributed by atoms with Crippen molar-refractivity contribution in [3.63, 3.8) is 0 Å². The molecule has 1 aliphatic heterocycles. The molecule has 2 aromatic heterocycles. The topological polar surface area (TPSA) is 74.0 Å². The molecule has 1 aromatic carbocycles. The molecule has 1 N–H and O–H groups in total. The highest BCUT2D eigenvalue weighted by atomic mass is 16.5. The van der Waals surface area contributed by atoms with Crippen molar-refractivity contribution in [2.24, 2.45) is 17.8 Å². The summed E-state index contributed by atoms with van der Waals surface area (Å²) >= 11 is 0. The SMILES string of the molecule is Cc1cccc(-n2c(-c3ccnc(NC4CCC(C5CCCCCCCC5)CC4)n3)cn(CC3CCCOC3)c2=O)c1. The zero-order valence-electron chi connectivity index (χ0n) is 25.5. The van der Waals surface area contributed by atoms with Gasteiger partial charge in [-0.2, -0.15) is 0 Å². The van der Waals surface area contributed by atoms with Gasteiger partial charge >= 0.3 is 5.69 Å². The van der Waals surface area contributed by atoms with E-state index in [-0.39, 0.29) is 5.69 Å². The van der Waals surface area contributed by atoms with Gasteiger partial charge in [0.2, 0.25) is 5.95 Å². The Kier molecular flexibility index (Phi) is 9.74. The smallest absolute Gasteiger partial charge is 0.333 e. The Hall–Kier alpha value is -2.93. The Morgan fingerprint density at radius 3 is 2.40 bits per heavy atom. The third-order valence-electron chi connectivity index (χ3n) is 10.0. The summed E-state index contributed by atoms with van der Waals surface area (Å²) < 4.78 is 9.37. The second-order valence-corrected chi connectivity index (χ2v) is 13.2. The first-order chi connectivity index (χ1) is 20.6. The number of hydrogen-bond donors (Lipinski definition) is 1. The van der Waals surface area contributed by atoms with Gasteiger partial charge in [-0.1, -0.05) is 63.5 Å². The van der Waals surface area contributed by atoms with Crippen molar-refractivity contribution in [2.45, 2.75) is 109 Å². The monoisotopic (exact) mass is 571 g/mol. The van der Waals surface area contributed by atoms with E-state index < -0.39 is 0 Å². The van der Waals surface area contributed by atoms with Gasteiger partial charge in [-0.25, -0.2) is 14.8 Å². The maximum absolute atomic E-state index is 13.8. The van der Waals surface area contributed by atoms with Crippen LogP contribution in [-0.2, 0) is 11.3 Å². The highest BCUT2D eigenvalue weighted by Crippen LogP contribution is 2.37. The third-order valence-corrected chi connectivity index (χ3v) is 10.0. The molecule has 0 bridgehead atoms. The Balaban J connectivity index is 1.18. The number of aromatic nitrogens is 4. The standard InChI is InChI=1S/C35H49N5O2/c1-26-10-8-14-31(22-26)40-33(24-39(35(40)41)23-27-11-9-21-42-25-27)32-19-20-36-34(38-32)37-30-17-15-29(16-18-30)28-12-6-4-2-3-5-7-13-28/h8,10,14,19-20,22,24,27-30H,2-7,9,11-13,15-18,21,23,25H2,1H3,(H,36,37,38). The van der Waals surface area contributed by atoms with E-state index in [1.807, 2.05) is 39.7 Å². The molecule has 3 fully saturated rings. The van der Waals surface area contributed by atoms with Gasteiger partial charge < -0.3 is 10.1 Å². The lowest BCUT2D eigenvalue weighted by Gasteiger charge is -2.34. The van der Waals surface area contributed by atoms with E-state index in [2.05, 4.69) is 29.4 Å². The van der Waals surface area contributed by atoms with Crippen molar-refractivity contribution >= 4 is 5.95 Å². The Labute approximate surface area is 251 Å². The predicted molar refractivity (Wildman–Crippen MR) is 169 cm³/mol. The van der Waals surface area contributed by atoms with E-state index in [9.17, 15) is 4.79 Å². The molecule has 1 atom stereocenters. The Bertz CT molecular complexity index is 1340. The Morgan fingerprint density at radius 2 is 1.67 bits per heavy atom. The summed E-state index contributed by atoms with van der Waals surface area (Å²) in [5.74, 6) is 2.81. The second kappa shape index (κ2) is 14.0. The highest BCUT2D eigenvalue weighted by molar-refractivity contribution is 5.59. The van der Waals surface area contributed by atoms with E-state index in [1.54, 1.807) is 0 Å². The average molecular weight is 572 g/mol. The van der Waals surface area contributed by atoms with Gasteiger partial charge in [0, 0.05) is 37.5 Å². The first kappa shape index (κ1) is 29.2. The van der Waals surface area contributed by atoms with Crippen LogP contribution in [0.2, 0.25) is 0 Å². The van der Waals surface area contributed by atoms with Gasteiger partial charge in [0.25, 0.3) is 0 Å². The predicted octanol–water partition coefficient (Wildman–Crippen LogP) is 7.55. The molecule has 226 valence electrons. The minimum Gasteiger partial charge on any atom is -0.381 e. The molecule has 7 heteroatoms. The number of nitrogens with zero attached hydrogens (tertiary/aromatic N) is 4. The third kappa shape index (κ3) is 7.16. The van der Waals surface area contributed by atoms with Crippen LogP contribution in [-0.4, -0.2) is 38.4 Å². The molecule has 1 unspecified atom stereocenters. The van der Waals surface area contributed by atoms with Gasteiger partial charge in [-0.3, -0.25) is 9.13 Å². The lowest BCUT2D eigenvalue weighted by molar-refractivity contribution is 0.0480. The van der Waals surface area contributed by atoms with Crippen LogP contribution in [0.25, 0.3) is 17.1 Å². The van der Waals surface area contributed by atoms with E-state index in [4.69, 9.17) is 9.72 Å². The molecule has 3 aliphatic rings. The highest BCUT2D eigenvalue weighted by Gasteiger charge is 2.28. The number of ether oxygens (including phenoxy) is 1. The molecule has 42 heavy (non-hydrogen) atoms. The fourth-order valence-electron chi connectivity index (χ4n) is 7.67. The number of anilines is 1. The molecule has 7 nitrogen and oxygen atoms in total. The van der Waals surface area contributed by atoms with Crippen LogP contribution in [0, 0.1) is 24.7 Å². The van der Waals surface area contributed by atoms with Crippen molar-refractivity contribution in [2.75, 3.05) is 18.5 Å². The summed E-state index contributed by atoms with van der Waals surface area (Å²) in [6, 6.07) is 10.5. The van der Waals surface area contributed by atoms with Gasteiger partial charge in [0.15, 0.2) is 0 Å². The van der Waals surface area contributed by atoms with Crippen molar-refractivity contribution < 1.29 is 4.74 Å². The molecule has 2 saturated carbocycles. The van der Waals surface area contributed by atoms with E-state index in [1.165, 1.54) is 77.0 Å². The number of rotatable bonds is 7. The minimum absolute atomic E-state index is 0.0301. The Morgan fingerprint density at radius 1 is 0.905 bits per heavy atom. The zero-order valence-corrected chi connectivity index (χ0v) is 25.5. The van der Waals surface area contributed by atoms with Crippen LogP contribution < -0.4 is 11.0 Å². The van der Waals surface area contributed by atoms with Crippen LogP contribution in [0.3, 0.4) is 0 Å². The summed E-state index contributed by atoms with van der Waals surface area (Å²) in [5, 5.41) is 3.67. The summed E-state index contributed by atoms with van der Waals surface area (Å²) in [7, 11) is 0. The quantitative estimate of drug-likeness (QED) is 0.317. The summed E-state index contributed by atoms with van der Waals surface area (Å²) in [5.41, 5.74) is 3.53. The lowest BCUT2D eigenvalue weighted by Crippen LogP contribution is -2.30. The molecule has 3 aromatic rings. The first-order valence-corrected chi connectivity index (χ1v) is 16.7. The number of aryl methyl sites for hydroxylation is 1. The van der Waals surface area contributed by atoms with Crippen molar-refractivity contribution in [3.05, 3.63) is 58.8 Å². The van der Waals surface area contributed by atoms with Gasteiger partial charge in [-0.15, -0.1) is 0 Å². The van der Waals surface area contributed by atoms with E-state index in [0.29, 0.717) is 31.1 Å². The molecule has 0 radical (unpaired) electrons. The van der Waals surface area contributed by atoms with Crippen LogP contribution in [0.1, 0.15) is 95.5 Å². The number of hydrogen-bond acceptors (Lipinski definition) is 5. The lowest BCUT2D eigenvalue weighted by atomic mass is 9.74. The first-order valence-electron chi connectivity index (χ1n) is 16.7. The molecular formula is C35H49N5O2. The molecule has 2 aliphatic carbocycles. The fraction of sp³-hybridized carbons (Fsp3) is 0.629. The molecule has 3 heterocycles. The number of nitrogens with one attached hydrogen (secondary N) is 1. The largest absolute Gasteiger partial charge is 0.381 e. The molecule has 1 saturated heterocycles. The van der Waals surface area contributed by atoms with Gasteiger partial charge in [0.1, 0.15) is 0 Å². The summed E-state index contributed by atoms with van der Waals surface area (Å²) in [6.45, 7) is 4.25. The van der Waals surface area contributed by atoms with Gasteiger partial charge in [0.05, 0.1) is 23.7 Å². The number of imidazole rings is 1. The minimum atomic E-state index is -0.0301. The summed E-state index contributed by atoms with van der Waals surface area (Å²) in [4.78, 5) is 23.4. The normalized spacial score (nSPS) is 24.5. The zero-order chi connectivity index (χ0) is 28.7. The fourth-order valence-corrected chi connectivity index (χ4v) is 7.67. The maximum Gasteiger partial charge on any atom is 0.333 e.